The topological polar surface area (TPSA) is 90.5 Å². The van der Waals surface area contributed by atoms with Crippen LogP contribution in [0.3, 0.4) is 0 Å². The van der Waals surface area contributed by atoms with Crippen molar-refractivity contribution in [2.75, 3.05) is 25.5 Å². The molecule has 0 aliphatic heterocycles. The number of hydrogen-bond donors (Lipinski definition) is 3. The third-order valence-electron chi connectivity index (χ3n) is 3.59. The molecule has 0 saturated carbocycles. The molecule has 0 unspecified atom stereocenters. The van der Waals surface area contributed by atoms with Crippen LogP contribution in [0.15, 0.2) is 54.6 Å². The van der Waals surface area contributed by atoms with Gasteiger partial charge in [-0.1, -0.05) is 36.4 Å². The maximum Gasteiger partial charge on any atom is 0.269 e. The molecule has 0 aromatic heterocycles. The highest BCUT2D eigenvalue weighted by Gasteiger charge is 2.10. The Balaban J connectivity index is 1.75. The summed E-state index contributed by atoms with van der Waals surface area (Å²) >= 11 is 0. The molecule has 3 amide bonds. The van der Waals surface area contributed by atoms with E-state index in [0.717, 1.165) is 11.3 Å². The predicted octanol–water partition coefficient (Wildman–Crippen LogP) is 0.873. The van der Waals surface area contributed by atoms with Gasteiger partial charge in [-0.05, 0) is 23.8 Å². The number of anilines is 1. The molecule has 0 aliphatic carbocycles. The number of rotatable bonds is 6. The summed E-state index contributed by atoms with van der Waals surface area (Å²) < 4.78 is 0. The molecule has 0 fully saturated rings. The van der Waals surface area contributed by atoms with Gasteiger partial charge < -0.3 is 10.2 Å². The molecule has 2 rings (SSSR count). The summed E-state index contributed by atoms with van der Waals surface area (Å²) in [6.07, 6.45) is 0.192. The van der Waals surface area contributed by atoms with E-state index in [4.69, 9.17) is 0 Å². The van der Waals surface area contributed by atoms with E-state index in [-0.39, 0.29) is 18.9 Å². The van der Waals surface area contributed by atoms with Gasteiger partial charge in [0, 0.05) is 25.3 Å². The average molecular weight is 354 g/mol. The second kappa shape index (κ2) is 9.22. The van der Waals surface area contributed by atoms with Gasteiger partial charge in [0.05, 0.1) is 13.0 Å². The molecule has 26 heavy (non-hydrogen) atoms. The molecule has 136 valence electrons. The largest absolute Gasteiger partial charge is 0.378 e. The molecular weight excluding hydrogens is 332 g/mol. The SMILES string of the molecule is CN(C)c1cccc(C(=O)NNC(=O)CNC(=O)Cc2ccccc2)c1. The van der Waals surface area contributed by atoms with Crippen molar-refractivity contribution < 1.29 is 14.4 Å². The van der Waals surface area contributed by atoms with Gasteiger partial charge in [0.15, 0.2) is 0 Å². The van der Waals surface area contributed by atoms with Gasteiger partial charge in [-0.3, -0.25) is 25.2 Å². The summed E-state index contributed by atoms with van der Waals surface area (Å²) in [5.74, 6) is -1.21. The highest BCUT2D eigenvalue weighted by atomic mass is 16.2. The molecular formula is C19H22N4O3. The lowest BCUT2D eigenvalue weighted by Crippen LogP contribution is -2.46. The van der Waals surface area contributed by atoms with Crippen LogP contribution in [0, 0.1) is 0 Å². The maximum atomic E-state index is 12.1. The van der Waals surface area contributed by atoms with E-state index >= 15 is 0 Å². The van der Waals surface area contributed by atoms with Crippen molar-refractivity contribution in [3.05, 3.63) is 65.7 Å². The number of carbonyl (C=O) groups is 3. The van der Waals surface area contributed by atoms with Crippen LogP contribution in [0.1, 0.15) is 15.9 Å². The van der Waals surface area contributed by atoms with Gasteiger partial charge in [0.25, 0.3) is 11.8 Å². The Bertz CT molecular complexity index is 775. The van der Waals surface area contributed by atoms with Crippen molar-refractivity contribution in [3.63, 3.8) is 0 Å². The first-order valence-corrected chi connectivity index (χ1v) is 8.13. The quantitative estimate of drug-likeness (QED) is 0.672. The first kappa shape index (κ1) is 19.0. The highest BCUT2D eigenvalue weighted by molar-refractivity contribution is 5.96. The van der Waals surface area contributed by atoms with Crippen molar-refractivity contribution >= 4 is 23.4 Å². The number of hydrazine groups is 1. The molecule has 0 atom stereocenters. The fraction of sp³-hybridized carbons (Fsp3) is 0.211. The summed E-state index contributed by atoms with van der Waals surface area (Å²) in [7, 11) is 3.74. The summed E-state index contributed by atoms with van der Waals surface area (Å²) in [4.78, 5) is 37.5. The average Bonchev–Trinajstić information content (AvgIpc) is 2.65. The molecule has 7 nitrogen and oxygen atoms in total. The number of benzene rings is 2. The molecule has 0 radical (unpaired) electrons. The van der Waals surface area contributed by atoms with E-state index in [9.17, 15) is 14.4 Å². The maximum absolute atomic E-state index is 12.1. The fourth-order valence-corrected chi connectivity index (χ4v) is 2.19. The van der Waals surface area contributed by atoms with Gasteiger partial charge in [-0.25, -0.2) is 0 Å². The van der Waals surface area contributed by atoms with Crippen molar-refractivity contribution in [2.24, 2.45) is 0 Å². The predicted molar refractivity (Wildman–Crippen MR) is 99.5 cm³/mol. The molecule has 2 aromatic rings. The van der Waals surface area contributed by atoms with Crippen LogP contribution in [0.25, 0.3) is 0 Å². The Morgan fingerprint density at radius 2 is 1.62 bits per heavy atom. The second-order valence-corrected chi connectivity index (χ2v) is 5.89. The van der Waals surface area contributed by atoms with Crippen molar-refractivity contribution in [1.29, 1.82) is 0 Å². The zero-order valence-corrected chi connectivity index (χ0v) is 14.8. The molecule has 3 N–H and O–H groups in total. The van der Waals surface area contributed by atoms with Crippen LogP contribution >= 0.6 is 0 Å². The second-order valence-electron chi connectivity index (χ2n) is 5.89. The van der Waals surface area contributed by atoms with Gasteiger partial charge in [-0.2, -0.15) is 0 Å². The molecule has 7 heteroatoms. The summed E-state index contributed by atoms with van der Waals surface area (Å²) in [5.41, 5.74) is 6.77. The Labute approximate surface area is 152 Å². The number of carbonyl (C=O) groups excluding carboxylic acids is 3. The molecule has 0 aliphatic rings. The van der Waals surface area contributed by atoms with Crippen molar-refractivity contribution in [1.82, 2.24) is 16.2 Å². The zero-order valence-electron chi connectivity index (χ0n) is 14.8. The van der Waals surface area contributed by atoms with Gasteiger partial charge in [0.2, 0.25) is 5.91 Å². The van der Waals surface area contributed by atoms with E-state index < -0.39 is 11.8 Å². The Morgan fingerprint density at radius 3 is 2.31 bits per heavy atom. The van der Waals surface area contributed by atoms with Gasteiger partial charge >= 0.3 is 0 Å². The molecule has 0 bridgehead atoms. The lowest BCUT2D eigenvalue weighted by atomic mass is 10.1. The first-order valence-electron chi connectivity index (χ1n) is 8.13. The fourth-order valence-electron chi connectivity index (χ4n) is 2.19. The van der Waals surface area contributed by atoms with E-state index in [2.05, 4.69) is 16.2 Å². The monoisotopic (exact) mass is 354 g/mol. The third kappa shape index (κ3) is 5.94. The summed E-state index contributed by atoms with van der Waals surface area (Å²) in [6.45, 7) is -0.219. The minimum absolute atomic E-state index is 0.192. The van der Waals surface area contributed by atoms with Crippen LogP contribution in [-0.4, -0.2) is 38.4 Å². The highest BCUT2D eigenvalue weighted by Crippen LogP contribution is 2.12. The van der Waals surface area contributed by atoms with E-state index in [1.165, 1.54) is 0 Å². The summed E-state index contributed by atoms with van der Waals surface area (Å²) in [6, 6.07) is 16.2. The first-order chi connectivity index (χ1) is 12.5. The van der Waals surface area contributed by atoms with Crippen molar-refractivity contribution in [3.8, 4) is 0 Å². The Morgan fingerprint density at radius 1 is 0.885 bits per heavy atom. The van der Waals surface area contributed by atoms with Crippen LogP contribution in [0.4, 0.5) is 5.69 Å². The summed E-state index contributed by atoms with van der Waals surface area (Å²) in [5, 5.41) is 2.51. The normalized spacial score (nSPS) is 9.92. The Hall–Kier alpha value is -3.35. The van der Waals surface area contributed by atoms with Crippen LogP contribution in [-0.2, 0) is 16.0 Å². The van der Waals surface area contributed by atoms with Gasteiger partial charge in [-0.15, -0.1) is 0 Å². The van der Waals surface area contributed by atoms with E-state index in [1.807, 2.05) is 55.4 Å². The smallest absolute Gasteiger partial charge is 0.269 e. The van der Waals surface area contributed by atoms with E-state index in [1.54, 1.807) is 18.2 Å². The third-order valence-corrected chi connectivity index (χ3v) is 3.59. The van der Waals surface area contributed by atoms with Crippen LogP contribution in [0.5, 0.6) is 0 Å². The standard InChI is InChI=1S/C19H22N4O3/c1-23(2)16-10-6-9-15(12-16)19(26)22-21-18(25)13-20-17(24)11-14-7-4-3-5-8-14/h3-10,12H,11,13H2,1-2H3,(H,20,24)(H,21,25)(H,22,26). The lowest BCUT2D eigenvalue weighted by Gasteiger charge is -2.13. The van der Waals surface area contributed by atoms with Gasteiger partial charge in [0.1, 0.15) is 0 Å². The molecule has 0 saturated heterocycles. The minimum atomic E-state index is -0.511. The lowest BCUT2D eigenvalue weighted by molar-refractivity contribution is -0.126. The molecule has 2 aromatic carbocycles. The van der Waals surface area contributed by atoms with Crippen molar-refractivity contribution in [2.45, 2.75) is 6.42 Å². The van der Waals surface area contributed by atoms with E-state index in [0.29, 0.717) is 5.56 Å². The van der Waals surface area contributed by atoms with Crippen LogP contribution < -0.4 is 21.1 Å². The Kier molecular flexibility index (Phi) is 6.73. The molecule has 0 heterocycles. The zero-order chi connectivity index (χ0) is 18.9. The minimum Gasteiger partial charge on any atom is -0.378 e. The number of hydrogen-bond acceptors (Lipinski definition) is 4. The van der Waals surface area contributed by atoms with Crippen LogP contribution in [0.2, 0.25) is 0 Å². The molecule has 0 spiro atoms. The number of nitrogens with one attached hydrogen (secondary N) is 3. The number of amides is 3. The number of nitrogens with zero attached hydrogens (tertiary/aromatic N) is 1.